The van der Waals surface area contributed by atoms with Crippen LogP contribution in [0.25, 0.3) is 0 Å². The minimum Gasteiger partial charge on any atom is -0.464 e. The van der Waals surface area contributed by atoms with Crippen LogP contribution in [-0.4, -0.2) is 28.8 Å². The van der Waals surface area contributed by atoms with Crippen LogP contribution in [0.4, 0.5) is 11.4 Å². The number of nitrogens with zero attached hydrogens (tertiary/aromatic N) is 4. The number of benzene rings is 3. The van der Waals surface area contributed by atoms with Crippen LogP contribution >= 0.6 is 27.7 Å². The molecule has 0 radical (unpaired) electrons. The smallest absolute Gasteiger partial charge is 0.365 e. The van der Waals surface area contributed by atoms with E-state index in [0.29, 0.717) is 11.5 Å². The molecule has 1 unspecified atom stereocenters. The average molecular weight is 549 g/mol. The largest absolute Gasteiger partial charge is 0.464 e. The van der Waals surface area contributed by atoms with Crippen LogP contribution in [0.3, 0.4) is 0 Å². The minimum atomic E-state index is -0.758. The Morgan fingerprint density at radius 1 is 0.971 bits per heavy atom. The lowest BCUT2D eigenvalue weighted by molar-refractivity contribution is -0.132. The van der Waals surface area contributed by atoms with Gasteiger partial charge in [0.25, 0.3) is 0 Å². The van der Waals surface area contributed by atoms with Gasteiger partial charge in [0.15, 0.2) is 0 Å². The van der Waals surface area contributed by atoms with Crippen LogP contribution in [0.2, 0.25) is 0 Å². The van der Waals surface area contributed by atoms with Crippen LogP contribution in [0.1, 0.15) is 30.9 Å². The molecule has 0 aromatic heterocycles. The zero-order valence-corrected chi connectivity index (χ0v) is 21.9. The van der Waals surface area contributed by atoms with E-state index in [4.69, 9.17) is 14.9 Å². The number of esters is 1. The third-order valence-corrected chi connectivity index (χ3v) is 8.00. The molecular weight excluding hydrogens is 524 g/mol. The lowest BCUT2D eigenvalue weighted by Crippen LogP contribution is -2.56. The van der Waals surface area contributed by atoms with Crippen molar-refractivity contribution in [3.05, 3.63) is 94.5 Å². The molecule has 178 valence electrons. The highest BCUT2D eigenvalue weighted by Gasteiger charge is 2.53. The van der Waals surface area contributed by atoms with Crippen LogP contribution in [0, 0.1) is 0 Å². The maximum Gasteiger partial charge on any atom is 0.365 e. The maximum atomic E-state index is 12.6. The summed E-state index contributed by atoms with van der Waals surface area (Å²) in [5.74, 6) is -0.452. The number of carbonyl (C=O) groups excluding carboxylic acids is 1. The number of hydrazone groups is 2. The first-order valence-electron chi connectivity index (χ1n) is 11.5. The summed E-state index contributed by atoms with van der Waals surface area (Å²) >= 11 is 4.90. The van der Waals surface area contributed by atoms with Crippen molar-refractivity contribution in [2.45, 2.75) is 31.2 Å². The molecule has 3 aromatic rings. The molecule has 35 heavy (non-hydrogen) atoms. The van der Waals surface area contributed by atoms with Gasteiger partial charge in [0.2, 0.25) is 10.0 Å². The zero-order valence-electron chi connectivity index (χ0n) is 19.5. The molecule has 2 aliphatic rings. The van der Waals surface area contributed by atoms with Crippen molar-refractivity contribution in [2.24, 2.45) is 10.2 Å². The van der Waals surface area contributed by atoms with E-state index in [0.717, 1.165) is 40.0 Å². The second kappa shape index (κ2) is 9.87. The number of rotatable bonds is 5. The van der Waals surface area contributed by atoms with Crippen LogP contribution < -0.4 is 10.0 Å². The second-order valence-electron chi connectivity index (χ2n) is 8.27. The molecule has 5 rings (SSSR count). The molecule has 6 nitrogen and oxygen atoms in total. The van der Waals surface area contributed by atoms with Gasteiger partial charge in [-0.2, -0.15) is 10.2 Å². The van der Waals surface area contributed by atoms with Crippen molar-refractivity contribution in [1.82, 2.24) is 0 Å². The molecule has 0 saturated carbocycles. The predicted octanol–water partition coefficient (Wildman–Crippen LogP) is 6.41. The van der Waals surface area contributed by atoms with E-state index in [9.17, 15) is 4.79 Å². The Balaban J connectivity index is 1.64. The van der Waals surface area contributed by atoms with E-state index < -0.39 is 11.0 Å². The molecule has 0 saturated heterocycles. The first-order chi connectivity index (χ1) is 17.0. The maximum absolute atomic E-state index is 12.6. The Hall–Kier alpha value is -3.10. The standard InChI is InChI=1S/C27H25BrN4O2S/c1-3-19-9-11-20(12-10-19)24-17-18-27(31(29-24)22-7-5-4-6-8-22)32(23-15-13-21(28)14-16-23)30-25(35-27)26(33)34-2/h4-16H,3,17-18H2,1-2H3. The number of para-hydroxylation sites is 1. The van der Waals surface area contributed by atoms with E-state index in [1.165, 1.54) is 24.4 Å². The topological polar surface area (TPSA) is 57.5 Å². The van der Waals surface area contributed by atoms with Gasteiger partial charge in [0.05, 0.1) is 24.2 Å². The second-order valence-corrected chi connectivity index (χ2v) is 10.4. The number of ether oxygens (including phenoxy) is 1. The fourth-order valence-corrected chi connectivity index (χ4v) is 5.82. The number of anilines is 2. The van der Waals surface area contributed by atoms with E-state index in [1.807, 2.05) is 64.6 Å². The van der Waals surface area contributed by atoms with Crippen molar-refractivity contribution < 1.29 is 9.53 Å². The van der Waals surface area contributed by atoms with E-state index >= 15 is 0 Å². The molecular formula is C27H25BrN4O2S. The quantitative estimate of drug-likeness (QED) is 0.345. The average Bonchev–Trinajstić information content (AvgIpc) is 3.29. The van der Waals surface area contributed by atoms with Gasteiger partial charge in [-0.25, -0.2) is 14.8 Å². The number of thioether (sulfide) groups is 1. The van der Waals surface area contributed by atoms with Gasteiger partial charge >= 0.3 is 5.97 Å². The molecule has 0 bridgehead atoms. The highest BCUT2D eigenvalue weighted by atomic mass is 79.9. The highest BCUT2D eigenvalue weighted by Crippen LogP contribution is 2.50. The van der Waals surface area contributed by atoms with Crippen LogP contribution in [0.5, 0.6) is 0 Å². The molecule has 1 spiro atoms. The predicted molar refractivity (Wildman–Crippen MR) is 147 cm³/mol. The lowest BCUT2D eigenvalue weighted by atomic mass is 10.0. The Bertz CT molecular complexity index is 1280. The van der Waals surface area contributed by atoms with E-state index in [2.05, 4.69) is 47.1 Å². The number of hydrogen-bond acceptors (Lipinski definition) is 7. The Morgan fingerprint density at radius 2 is 1.63 bits per heavy atom. The summed E-state index contributed by atoms with van der Waals surface area (Å²) < 4.78 is 6.02. The SMILES string of the molecule is CCc1ccc(C2=NN(c3ccccc3)C3(CC2)SC(C(=O)OC)=NN3c2ccc(Br)cc2)cc1. The summed E-state index contributed by atoms with van der Waals surface area (Å²) in [6, 6.07) is 26.6. The van der Waals surface area contributed by atoms with Gasteiger partial charge in [0.1, 0.15) is 0 Å². The van der Waals surface area contributed by atoms with Gasteiger partial charge in [-0.1, -0.05) is 65.3 Å². The summed E-state index contributed by atoms with van der Waals surface area (Å²) in [6.45, 7) is 2.15. The number of methoxy groups -OCH3 is 1. The Labute approximate surface area is 217 Å². The highest BCUT2D eigenvalue weighted by molar-refractivity contribution is 9.10. The van der Waals surface area contributed by atoms with Gasteiger partial charge in [-0.3, -0.25) is 0 Å². The molecule has 0 fully saturated rings. The monoisotopic (exact) mass is 548 g/mol. The number of halogens is 1. The van der Waals surface area contributed by atoms with Crippen molar-refractivity contribution in [1.29, 1.82) is 0 Å². The zero-order chi connectivity index (χ0) is 24.4. The van der Waals surface area contributed by atoms with Gasteiger partial charge < -0.3 is 4.74 Å². The summed E-state index contributed by atoms with van der Waals surface area (Å²) in [7, 11) is 1.38. The molecule has 0 N–H and O–H groups in total. The molecule has 0 aliphatic carbocycles. The third kappa shape index (κ3) is 4.48. The first kappa shape index (κ1) is 23.6. The summed E-state index contributed by atoms with van der Waals surface area (Å²) in [5.41, 5.74) is 5.19. The summed E-state index contributed by atoms with van der Waals surface area (Å²) in [5, 5.41) is 14.1. The Morgan fingerprint density at radius 3 is 2.29 bits per heavy atom. The fourth-order valence-electron chi connectivity index (χ4n) is 4.29. The van der Waals surface area contributed by atoms with Crippen molar-refractivity contribution in [2.75, 3.05) is 17.1 Å². The van der Waals surface area contributed by atoms with Gasteiger partial charge in [0, 0.05) is 10.9 Å². The minimum absolute atomic E-state index is 0.308. The molecule has 1 atom stereocenters. The normalized spacial score (nSPS) is 19.5. The van der Waals surface area contributed by atoms with Crippen LogP contribution in [0.15, 0.2) is 93.5 Å². The lowest BCUT2D eigenvalue weighted by Gasteiger charge is -2.46. The van der Waals surface area contributed by atoms with E-state index in [1.54, 1.807) is 0 Å². The van der Waals surface area contributed by atoms with Gasteiger partial charge in [-0.05, 0) is 72.1 Å². The Kier molecular flexibility index (Phi) is 6.67. The number of carbonyl (C=O) groups is 1. The molecule has 8 heteroatoms. The molecule has 2 aliphatic heterocycles. The summed E-state index contributed by atoms with van der Waals surface area (Å²) in [4.78, 5) is 11.8. The fraction of sp³-hybridized carbons (Fsp3) is 0.222. The van der Waals surface area contributed by atoms with Gasteiger partial charge in [-0.15, -0.1) is 0 Å². The van der Waals surface area contributed by atoms with Crippen molar-refractivity contribution >= 4 is 55.8 Å². The summed E-state index contributed by atoms with van der Waals surface area (Å²) in [6.07, 6.45) is 2.43. The molecule has 2 heterocycles. The third-order valence-electron chi connectivity index (χ3n) is 6.15. The van der Waals surface area contributed by atoms with E-state index in [-0.39, 0.29) is 0 Å². The number of hydrogen-bond donors (Lipinski definition) is 0. The first-order valence-corrected chi connectivity index (χ1v) is 13.1. The number of aryl methyl sites for hydroxylation is 1. The van der Waals surface area contributed by atoms with Crippen molar-refractivity contribution in [3.63, 3.8) is 0 Å². The van der Waals surface area contributed by atoms with Crippen LogP contribution in [-0.2, 0) is 16.0 Å². The molecule has 3 aromatic carbocycles. The van der Waals surface area contributed by atoms with Crippen molar-refractivity contribution in [3.8, 4) is 0 Å². The molecule has 0 amide bonds.